The number of nitrogens with zero attached hydrogens (tertiary/aromatic N) is 3. The van der Waals surface area contributed by atoms with Gasteiger partial charge in [0.05, 0.1) is 27.8 Å². The van der Waals surface area contributed by atoms with Crippen molar-refractivity contribution in [3.63, 3.8) is 0 Å². The van der Waals surface area contributed by atoms with Gasteiger partial charge in [-0.15, -0.1) is 0 Å². The highest BCUT2D eigenvalue weighted by molar-refractivity contribution is 8.00. The Kier molecular flexibility index (Phi) is 9.00. The molecular weight excluding hydrogens is 617 g/mol. The molecule has 5 aromatic rings. The zero-order valence-corrected chi connectivity index (χ0v) is 25.4. The molecule has 2 heterocycles. The van der Waals surface area contributed by atoms with Gasteiger partial charge in [0.1, 0.15) is 16.9 Å². The summed E-state index contributed by atoms with van der Waals surface area (Å²) in [7, 11) is 0. The maximum Gasteiger partial charge on any atom is 0.338 e. The average molecular weight is 642 g/mol. The van der Waals surface area contributed by atoms with E-state index in [0.29, 0.717) is 21.8 Å². The Morgan fingerprint density at radius 1 is 0.872 bits per heavy atom. The lowest BCUT2D eigenvalue weighted by atomic mass is 9.99. The summed E-state index contributed by atoms with van der Waals surface area (Å²) >= 11 is 1.07. The number of Topliss-reactive ketones (excluding diaryl/α,β-unsaturated/α-hetero) is 1. The predicted octanol–water partition coefficient (Wildman–Crippen LogP) is 6.89. The van der Waals surface area contributed by atoms with Crippen LogP contribution in [0.25, 0.3) is 22.4 Å². The van der Waals surface area contributed by atoms with Gasteiger partial charge in [-0.2, -0.15) is 5.26 Å². The standard InChI is InChI=1S/C37H24FN3O5S/c38-27-15-11-25(12-16-27)32(42)22-46-37(45)26-13-17-28(18-14-26)41-34(43)20-33(36(41)44)47-35-30(21-39)29(23-7-3-1-4-8-23)19-31(40-35)24-9-5-2-6-10-24/h1-19,33H,20,22H2. The lowest BCUT2D eigenvalue weighted by molar-refractivity contribution is -0.121. The van der Waals surface area contributed by atoms with Crippen LogP contribution >= 0.6 is 11.8 Å². The largest absolute Gasteiger partial charge is 0.454 e. The number of rotatable bonds is 9. The third-order valence-corrected chi connectivity index (χ3v) is 8.64. The lowest BCUT2D eigenvalue weighted by Crippen LogP contribution is -2.31. The quantitative estimate of drug-likeness (QED) is 0.0970. The van der Waals surface area contributed by atoms with E-state index in [1.54, 1.807) is 0 Å². The molecule has 0 saturated carbocycles. The van der Waals surface area contributed by atoms with Crippen molar-refractivity contribution in [3.8, 4) is 28.5 Å². The van der Waals surface area contributed by atoms with E-state index in [9.17, 15) is 28.8 Å². The van der Waals surface area contributed by atoms with Crippen LogP contribution in [-0.2, 0) is 14.3 Å². The number of anilines is 1. The molecular formula is C37H24FN3O5S. The summed E-state index contributed by atoms with van der Waals surface area (Å²) in [5.41, 5.74) is 3.83. The Morgan fingerprint density at radius 3 is 2.13 bits per heavy atom. The van der Waals surface area contributed by atoms with Crippen LogP contribution in [0, 0.1) is 17.1 Å². The Morgan fingerprint density at radius 2 is 1.49 bits per heavy atom. The van der Waals surface area contributed by atoms with Crippen LogP contribution in [0.5, 0.6) is 0 Å². The number of thioether (sulfide) groups is 1. The van der Waals surface area contributed by atoms with Gasteiger partial charge in [0, 0.05) is 23.1 Å². The molecule has 0 N–H and O–H groups in total. The number of amides is 2. The summed E-state index contributed by atoms with van der Waals surface area (Å²) in [5.74, 6) is -2.67. The van der Waals surface area contributed by atoms with Crippen LogP contribution in [0.1, 0.15) is 32.7 Å². The Labute approximate surface area is 273 Å². The van der Waals surface area contributed by atoms with E-state index in [4.69, 9.17) is 9.72 Å². The number of hydrogen-bond donors (Lipinski definition) is 0. The summed E-state index contributed by atoms with van der Waals surface area (Å²) in [4.78, 5) is 57.4. The summed E-state index contributed by atoms with van der Waals surface area (Å²) in [5, 5.41) is 9.72. The number of nitriles is 1. The van der Waals surface area contributed by atoms with Crippen molar-refractivity contribution in [2.45, 2.75) is 16.7 Å². The fourth-order valence-corrected chi connectivity index (χ4v) is 6.23. The van der Waals surface area contributed by atoms with Gasteiger partial charge in [0.25, 0.3) is 0 Å². The van der Waals surface area contributed by atoms with E-state index >= 15 is 0 Å². The molecule has 6 rings (SSSR count). The second-order valence-electron chi connectivity index (χ2n) is 10.5. The minimum absolute atomic E-state index is 0.110. The Balaban J connectivity index is 1.20. The molecule has 0 radical (unpaired) electrons. The molecule has 230 valence electrons. The maximum absolute atomic E-state index is 13.6. The smallest absolute Gasteiger partial charge is 0.338 e. The van der Waals surface area contributed by atoms with Crippen LogP contribution in [0.15, 0.2) is 120 Å². The highest BCUT2D eigenvalue weighted by Crippen LogP contribution is 2.39. The summed E-state index contributed by atoms with van der Waals surface area (Å²) in [6.07, 6.45) is -0.110. The van der Waals surface area contributed by atoms with E-state index in [1.807, 2.05) is 66.7 Å². The second kappa shape index (κ2) is 13.6. The van der Waals surface area contributed by atoms with Gasteiger partial charge in [0.2, 0.25) is 11.8 Å². The summed E-state index contributed by atoms with van der Waals surface area (Å²) < 4.78 is 18.2. The minimum Gasteiger partial charge on any atom is -0.454 e. The first-order chi connectivity index (χ1) is 22.8. The maximum atomic E-state index is 13.6. The van der Waals surface area contributed by atoms with Crippen molar-refractivity contribution in [2.75, 3.05) is 11.5 Å². The molecule has 1 aromatic heterocycles. The number of ketones is 1. The number of aromatic nitrogens is 1. The highest BCUT2D eigenvalue weighted by atomic mass is 32.2. The highest BCUT2D eigenvalue weighted by Gasteiger charge is 2.41. The molecule has 1 aliphatic rings. The van der Waals surface area contributed by atoms with Crippen LogP contribution in [0.4, 0.5) is 10.1 Å². The second-order valence-corrected chi connectivity index (χ2v) is 11.7. The summed E-state index contributed by atoms with van der Waals surface area (Å²) in [6, 6.07) is 33.6. The van der Waals surface area contributed by atoms with E-state index in [0.717, 1.165) is 39.9 Å². The van der Waals surface area contributed by atoms with E-state index in [2.05, 4.69) is 6.07 Å². The van der Waals surface area contributed by atoms with Gasteiger partial charge in [-0.25, -0.2) is 19.1 Å². The van der Waals surface area contributed by atoms with Gasteiger partial charge in [-0.05, 0) is 60.2 Å². The molecule has 47 heavy (non-hydrogen) atoms. The van der Waals surface area contributed by atoms with E-state index < -0.39 is 41.2 Å². The van der Waals surface area contributed by atoms with Crippen molar-refractivity contribution in [1.29, 1.82) is 5.26 Å². The Hall–Kier alpha value is -5.92. The first-order valence-corrected chi connectivity index (χ1v) is 15.4. The van der Waals surface area contributed by atoms with Gasteiger partial charge in [0.15, 0.2) is 12.4 Å². The molecule has 1 atom stereocenters. The molecule has 1 fully saturated rings. The molecule has 1 unspecified atom stereocenters. The van der Waals surface area contributed by atoms with Gasteiger partial charge in [-0.1, -0.05) is 72.4 Å². The molecule has 0 spiro atoms. The number of halogens is 1. The van der Waals surface area contributed by atoms with Crippen molar-refractivity contribution >= 4 is 41.0 Å². The number of imide groups is 1. The van der Waals surface area contributed by atoms with Gasteiger partial charge >= 0.3 is 5.97 Å². The van der Waals surface area contributed by atoms with Crippen LogP contribution in [-0.4, -0.2) is 40.4 Å². The van der Waals surface area contributed by atoms with Crippen molar-refractivity contribution in [3.05, 3.63) is 138 Å². The number of pyridine rings is 1. The van der Waals surface area contributed by atoms with Crippen molar-refractivity contribution in [1.82, 2.24) is 4.98 Å². The van der Waals surface area contributed by atoms with Crippen LogP contribution < -0.4 is 4.90 Å². The van der Waals surface area contributed by atoms with Crippen molar-refractivity contribution in [2.24, 2.45) is 0 Å². The number of carbonyl (C=O) groups is 4. The molecule has 0 aliphatic carbocycles. The third kappa shape index (κ3) is 6.71. The number of hydrogen-bond acceptors (Lipinski definition) is 8. The van der Waals surface area contributed by atoms with E-state index in [1.165, 1.54) is 36.4 Å². The molecule has 8 nitrogen and oxygen atoms in total. The fourth-order valence-electron chi connectivity index (χ4n) is 5.10. The minimum atomic E-state index is -0.834. The third-order valence-electron chi connectivity index (χ3n) is 7.47. The van der Waals surface area contributed by atoms with Gasteiger partial charge in [-0.3, -0.25) is 14.4 Å². The molecule has 1 saturated heterocycles. The van der Waals surface area contributed by atoms with Crippen LogP contribution in [0.2, 0.25) is 0 Å². The molecule has 4 aromatic carbocycles. The normalized spacial score (nSPS) is 14.1. The molecule has 10 heteroatoms. The first-order valence-electron chi connectivity index (χ1n) is 14.5. The number of benzene rings is 4. The number of ether oxygens (including phenoxy) is 1. The molecule has 1 aliphatic heterocycles. The van der Waals surface area contributed by atoms with E-state index in [-0.39, 0.29) is 23.2 Å². The van der Waals surface area contributed by atoms with Gasteiger partial charge < -0.3 is 4.74 Å². The number of carbonyl (C=O) groups excluding carboxylic acids is 4. The fraction of sp³-hybridized carbons (Fsp3) is 0.0811. The molecule has 2 amide bonds. The lowest BCUT2D eigenvalue weighted by Gasteiger charge is -2.16. The topological polar surface area (TPSA) is 117 Å². The monoisotopic (exact) mass is 641 g/mol. The first kappa shape index (κ1) is 31.1. The van der Waals surface area contributed by atoms with Crippen molar-refractivity contribution < 1.29 is 28.3 Å². The predicted molar refractivity (Wildman–Crippen MR) is 174 cm³/mol. The average Bonchev–Trinajstić information content (AvgIpc) is 3.39. The molecule has 0 bridgehead atoms. The zero-order valence-electron chi connectivity index (χ0n) is 24.6. The summed E-state index contributed by atoms with van der Waals surface area (Å²) in [6.45, 7) is -0.537. The van der Waals surface area contributed by atoms with Crippen LogP contribution in [0.3, 0.4) is 0 Å². The SMILES string of the molecule is N#Cc1c(-c2ccccc2)cc(-c2ccccc2)nc1SC1CC(=O)N(c2ccc(C(=O)OCC(=O)c3ccc(F)cc3)cc2)C1=O. The Bertz CT molecular complexity index is 2030. The number of esters is 1. The zero-order chi connectivity index (χ0) is 32.9.